The number of piperidine rings is 1. The maximum absolute atomic E-state index is 10.8. The zero-order valence-electron chi connectivity index (χ0n) is 11.6. The number of aliphatic carboxylic acids is 1. The summed E-state index contributed by atoms with van der Waals surface area (Å²) < 4.78 is 0. The second kappa shape index (κ2) is 6.96. The summed E-state index contributed by atoms with van der Waals surface area (Å²) in [5.74, 6) is -0.331. The van der Waals surface area contributed by atoms with Crippen molar-refractivity contribution in [3.05, 3.63) is 0 Å². The van der Waals surface area contributed by atoms with E-state index in [0.717, 1.165) is 13.3 Å². The second-order valence-electron chi connectivity index (χ2n) is 5.43. The number of carbonyl (C=O) groups is 2. The summed E-state index contributed by atoms with van der Waals surface area (Å²) in [7, 11) is 0. The van der Waals surface area contributed by atoms with E-state index in [0.29, 0.717) is 25.4 Å². The van der Waals surface area contributed by atoms with Crippen molar-refractivity contribution in [1.82, 2.24) is 4.90 Å². The van der Waals surface area contributed by atoms with Gasteiger partial charge in [-0.25, -0.2) is 4.79 Å². The van der Waals surface area contributed by atoms with Crippen molar-refractivity contribution >= 4 is 17.9 Å². The van der Waals surface area contributed by atoms with Gasteiger partial charge < -0.3 is 20.8 Å². The summed E-state index contributed by atoms with van der Waals surface area (Å²) in [6.45, 7) is 6.24. The third kappa shape index (κ3) is 6.64. The van der Waals surface area contributed by atoms with Crippen LogP contribution in [0.25, 0.3) is 0 Å². The Morgan fingerprint density at radius 2 is 1.89 bits per heavy atom. The Morgan fingerprint density at radius 3 is 2.21 bits per heavy atom. The molecule has 1 rings (SSSR count). The molecule has 0 spiro atoms. The number of amides is 1. The topological polar surface area (TPSA) is 128 Å². The van der Waals surface area contributed by atoms with Crippen LogP contribution in [-0.4, -0.2) is 46.1 Å². The van der Waals surface area contributed by atoms with Crippen LogP contribution in [0.4, 0.5) is 4.79 Å². The first-order valence-corrected chi connectivity index (χ1v) is 6.06. The summed E-state index contributed by atoms with van der Waals surface area (Å²) in [4.78, 5) is 21.3. The number of likely N-dealkylation sites (tertiary alicyclic amines) is 1. The van der Waals surface area contributed by atoms with E-state index in [1.54, 1.807) is 0 Å². The van der Waals surface area contributed by atoms with Crippen LogP contribution in [0, 0.1) is 16.7 Å². The van der Waals surface area contributed by atoms with Crippen molar-refractivity contribution in [2.24, 2.45) is 17.1 Å². The highest BCUT2D eigenvalue weighted by Crippen LogP contribution is 2.36. The summed E-state index contributed by atoms with van der Waals surface area (Å²) >= 11 is 0. The molecule has 1 atom stereocenters. The number of hydrogen-bond donors (Lipinski definition) is 4. The largest absolute Gasteiger partial charge is 0.481 e. The average Bonchev–Trinajstić information content (AvgIpc) is 2.18. The lowest BCUT2D eigenvalue weighted by Gasteiger charge is -2.43. The molecule has 0 aromatic heterocycles. The van der Waals surface area contributed by atoms with E-state index >= 15 is 0 Å². The smallest absolute Gasteiger partial charge is 0.407 e. The van der Waals surface area contributed by atoms with E-state index in [1.807, 2.05) is 13.8 Å². The van der Waals surface area contributed by atoms with Gasteiger partial charge >= 0.3 is 6.09 Å². The minimum Gasteiger partial charge on any atom is -0.481 e. The van der Waals surface area contributed by atoms with Crippen LogP contribution >= 0.6 is 0 Å². The molecule has 7 heteroatoms. The molecule has 5 N–H and O–H groups in total. The van der Waals surface area contributed by atoms with Gasteiger partial charge in [-0.2, -0.15) is 0 Å². The lowest BCUT2D eigenvalue weighted by Crippen LogP contribution is -2.48. The van der Waals surface area contributed by atoms with Crippen molar-refractivity contribution in [3.63, 3.8) is 0 Å². The van der Waals surface area contributed by atoms with Crippen LogP contribution in [0.15, 0.2) is 0 Å². The van der Waals surface area contributed by atoms with Gasteiger partial charge in [0.1, 0.15) is 0 Å². The molecule has 1 aliphatic rings. The molecule has 1 saturated heterocycles. The fraction of sp³-hybridized carbons (Fsp3) is 0.750. The number of nitrogens with two attached hydrogens (primary N) is 1. The highest BCUT2D eigenvalue weighted by molar-refractivity contribution is 5.77. The van der Waals surface area contributed by atoms with E-state index in [4.69, 9.17) is 26.2 Å². The molecule has 1 fully saturated rings. The predicted octanol–water partition coefficient (Wildman–Crippen LogP) is 1.43. The van der Waals surface area contributed by atoms with Gasteiger partial charge in [-0.1, -0.05) is 13.8 Å². The number of nitrogens with zero attached hydrogens (tertiary/aromatic N) is 1. The highest BCUT2D eigenvalue weighted by atomic mass is 16.4. The van der Waals surface area contributed by atoms with Crippen molar-refractivity contribution in [2.45, 2.75) is 33.6 Å². The first kappa shape index (κ1) is 17.2. The number of carboxylic acids is 1. The van der Waals surface area contributed by atoms with Crippen molar-refractivity contribution < 1.29 is 19.8 Å². The SMILES string of the molecule is CC(=O)O.CC1(C)CN(C(=O)O)CCC1CC(=N)N. The molecule has 0 bridgehead atoms. The van der Waals surface area contributed by atoms with Crippen LogP contribution in [0.5, 0.6) is 0 Å². The summed E-state index contributed by atoms with van der Waals surface area (Å²) in [6.07, 6.45) is 0.503. The molecule has 0 aromatic carbocycles. The monoisotopic (exact) mass is 273 g/mol. The fourth-order valence-corrected chi connectivity index (χ4v) is 2.21. The van der Waals surface area contributed by atoms with Crippen molar-refractivity contribution in [3.8, 4) is 0 Å². The molecule has 0 aromatic rings. The second-order valence-corrected chi connectivity index (χ2v) is 5.43. The standard InChI is InChI=1S/C10H19N3O2.C2H4O2/c1-10(2)6-13(9(14)15)4-3-7(10)5-8(11)12;1-2(3)4/h7H,3-6H2,1-2H3,(H3,11,12)(H,14,15);1H3,(H,3,4). The van der Waals surface area contributed by atoms with E-state index in [1.165, 1.54) is 4.90 Å². The Hall–Kier alpha value is -1.79. The fourth-order valence-electron chi connectivity index (χ4n) is 2.21. The molecule has 1 amide bonds. The van der Waals surface area contributed by atoms with Gasteiger partial charge in [0.15, 0.2) is 0 Å². The van der Waals surface area contributed by atoms with Gasteiger partial charge in [0.25, 0.3) is 5.97 Å². The van der Waals surface area contributed by atoms with E-state index in [-0.39, 0.29) is 11.3 Å². The van der Waals surface area contributed by atoms with Crippen LogP contribution in [0.2, 0.25) is 0 Å². The maximum atomic E-state index is 10.8. The Labute approximate surface area is 112 Å². The Balaban J connectivity index is 0.000000711. The molecule has 0 saturated carbocycles. The maximum Gasteiger partial charge on any atom is 0.407 e. The number of nitrogens with one attached hydrogen (secondary N) is 1. The lowest BCUT2D eigenvalue weighted by molar-refractivity contribution is -0.134. The average molecular weight is 273 g/mol. The third-order valence-corrected chi connectivity index (χ3v) is 3.19. The van der Waals surface area contributed by atoms with E-state index in [9.17, 15) is 4.79 Å². The molecule has 1 unspecified atom stereocenters. The minimum absolute atomic E-state index is 0.0949. The van der Waals surface area contributed by atoms with Gasteiger partial charge in [-0.15, -0.1) is 0 Å². The van der Waals surface area contributed by atoms with Gasteiger partial charge in [0, 0.05) is 26.4 Å². The van der Waals surface area contributed by atoms with E-state index < -0.39 is 12.1 Å². The van der Waals surface area contributed by atoms with Crippen molar-refractivity contribution in [2.75, 3.05) is 13.1 Å². The Morgan fingerprint density at radius 1 is 1.42 bits per heavy atom. The molecular weight excluding hydrogens is 250 g/mol. The van der Waals surface area contributed by atoms with Gasteiger partial charge in [0.2, 0.25) is 0 Å². The van der Waals surface area contributed by atoms with Gasteiger partial charge in [0.05, 0.1) is 5.84 Å². The van der Waals surface area contributed by atoms with Crippen LogP contribution in [-0.2, 0) is 4.79 Å². The summed E-state index contributed by atoms with van der Waals surface area (Å²) in [5, 5.41) is 23.6. The highest BCUT2D eigenvalue weighted by Gasteiger charge is 2.37. The van der Waals surface area contributed by atoms with E-state index in [2.05, 4.69) is 0 Å². The van der Waals surface area contributed by atoms with Crippen LogP contribution < -0.4 is 5.73 Å². The van der Waals surface area contributed by atoms with Gasteiger partial charge in [-0.3, -0.25) is 10.2 Å². The molecule has 110 valence electrons. The van der Waals surface area contributed by atoms with Crippen LogP contribution in [0.3, 0.4) is 0 Å². The van der Waals surface area contributed by atoms with Gasteiger partial charge in [-0.05, 0) is 17.8 Å². The number of amidine groups is 1. The van der Waals surface area contributed by atoms with Crippen molar-refractivity contribution in [1.29, 1.82) is 5.41 Å². The lowest BCUT2D eigenvalue weighted by atomic mass is 9.72. The molecular formula is C12H23N3O4. The number of rotatable bonds is 2. The minimum atomic E-state index is -0.857. The molecule has 1 aliphatic heterocycles. The molecule has 7 nitrogen and oxygen atoms in total. The third-order valence-electron chi connectivity index (χ3n) is 3.19. The quantitative estimate of drug-likeness (QED) is 0.447. The predicted molar refractivity (Wildman–Crippen MR) is 71.3 cm³/mol. The molecule has 1 heterocycles. The zero-order valence-corrected chi connectivity index (χ0v) is 11.6. The summed E-state index contributed by atoms with van der Waals surface area (Å²) in [6, 6.07) is 0. The van der Waals surface area contributed by atoms with Crippen LogP contribution in [0.1, 0.15) is 33.6 Å². The first-order chi connectivity index (χ1) is 8.56. The molecule has 19 heavy (non-hydrogen) atoms. The Kier molecular flexibility index (Phi) is 6.31. The number of hydrogen-bond acceptors (Lipinski definition) is 3. The summed E-state index contributed by atoms with van der Waals surface area (Å²) in [5.41, 5.74) is 5.30. The Bertz CT molecular complexity index is 351. The first-order valence-electron chi connectivity index (χ1n) is 6.06. The normalized spacial score (nSPS) is 21.0. The molecule has 0 radical (unpaired) electrons. The zero-order chi connectivity index (χ0) is 15.2. The number of carboxylic acid groups (broad SMARTS) is 2. The molecule has 0 aliphatic carbocycles.